The summed E-state index contributed by atoms with van der Waals surface area (Å²) >= 11 is 1.77. The van der Waals surface area contributed by atoms with Crippen LogP contribution in [0.5, 0.6) is 0 Å². The topological polar surface area (TPSA) is 37.3 Å². The Morgan fingerprint density at radius 2 is 2.27 bits per heavy atom. The molecule has 0 amide bonds. The minimum Gasteiger partial charge on any atom is -0.481 e. The zero-order valence-electron chi connectivity index (χ0n) is 6.91. The van der Waals surface area contributed by atoms with Crippen LogP contribution in [0.4, 0.5) is 0 Å². The molecule has 2 unspecified atom stereocenters. The molecule has 2 atom stereocenters. The zero-order valence-corrected chi connectivity index (χ0v) is 7.73. The van der Waals surface area contributed by atoms with Crippen molar-refractivity contribution in [2.45, 2.75) is 25.5 Å². The molecule has 0 aliphatic carbocycles. The molecule has 0 aromatic rings. The van der Waals surface area contributed by atoms with Crippen LogP contribution in [-0.4, -0.2) is 22.1 Å². The molecule has 3 heteroatoms. The summed E-state index contributed by atoms with van der Waals surface area (Å²) in [6, 6.07) is 0. The van der Waals surface area contributed by atoms with Crippen molar-refractivity contribution in [3.05, 3.63) is 0 Å². The van der Waals surface area contributed by atoms with E-state index in [0.29, 0.717) is 11.2 Å². The summed E-state index contributed by atoms with van der Waals surface area (Å²) in [4.78, 5) is 10.7. The first-order chi connectivity index (χ1) is 5.11. The van der Waals surface area contributed by atoms with E-state index in [1.54, 1.807) is 11.8 Å². The molecule has 1 saturated heterocycles. The smallest absolute Gasteiger partial charge is 0.307 e. The van der Waals surface area contributed by atoms with Gasteiger partial charge >= 0.3 is 5.97 Å². The summed E-state index contributed by atoms with van der Waals surface area (Å²) < 4.78 is 0. The van der Waals surface area contributed by atoms with Gasteiger partial charge in [-0.1, -0.05) is 13.8 Å². The van der Waals surface area contributed by atoms with Gasteiger partial charge in [-0.25, -0.2) is 0 Å². The van der Waals surface area contributed by atoms with Gasteiger partial charge in [-0.2, -0.15) is 11.8 Å². The molecule has 2 nitrogen and oxygen atoms in total. The molecule has 1 aliphatic rings. The van der Waals surface area contributed by atoms with E-state index in [2.05, 4.69) is 13.8 Å². The third-order valence-electron chi connectivity index (χ3n) is 1.85. The lowest BCUT2D eigenvalue weighted by Gasteiger charge is -2.11. The molecule has 0 spiro atoms. The second-order valence-electron chi connectivity index (χ2n) is 3.45. The summed E-state index contributed by atoms with van der Waals surface area (Å²) in [5, 5.41) is 9.23. The van der Waals surface area contributed by atoms with Crippen LogP contribution in [0.2, 0.25) is 0 Å². The lowest BCUT2D eigenvalue weighted by molar-refractivity contribution is -0.141. The van der Waals surface area contributed by atoms with E-state index >= 15 is 0 Å². The molecule has 0 radical (unpaired) electrons. The van der Waals surface area contributed by atoms with E-state index in [1.165, 1.54) is 0 Å². The number of rotatable bonds is 4. The van der Waals surface area contributed by atoms with Crippen molar-refractivity contribution in [1.82, 2.24) is 0 Å². The fourth-order valence-corrected chi connectivity index (χ4v) is 2.01. The van der Waals surface area contributed by atoms with Crippen LogP contribution < -0.4 is 0 Å². The molecular formula is C8H14O2S. The Labute approximate surface area is 71.4 Å². The zero-order chi connectivity index (χ0) is 8.43. The van der Waals surface area contributed by atoms with Crippen molar-refractivity contribution in [2.24, 2.45) is 11.8 Å². The number of hydrogen-bond acceptors (Lipinski definition) is 2. The maximum atomic E-state index is 10.7. The van der Waals surface area contributed by atoms with Gasteiger partial charge in [0.05, 0.1) is 5.92 Å². The lowest BCUT2D eigenvalue weighted by atomic mass is 9.95. The quantitative estimate of drug-likeness (QED) is 0.661. The van der Waals surface area contributed by atoms with E-state index in [-0.39, 0.29) is 5.92 Å². The Morgan fingerprint density at radius 3 is 2.55 bits per heavy atom. The molecule has 1 fully saturated rings. The molecule has 0 saturated carbocycles. The molecular weight excluding hydrogens is 160 g/mol. The first-order valence-corrected chi connectivity index (χ1v) is 5.00. The number of aliphatic carboxylic acids is 1. The van der Waals surface area contributed by atoms with Gasteiger partial charge in [-0.15, -0.1) is 0 Å². The van der Waals surface area contributed by atoms with Crippen LogP contribution in [0.3, 0.4) is 0 Å². The van der Waals surface area contributed by atoms with Gasteiger partial charge in [0.2, 0.25) is 0 Å². The molecule has 1 N–H and O–H groups in total. The fraction of sp³-hybridized carbons (Fsp3) is 0.875. The summed E-state index contributed by atoms with van der Waals surface area (Å²) in [6.07, 6.45) is 0.826. The highest BCUT2D eigenvalue weighted by Gasteiger charge is 2.37. The Hall–Kier alpha value is -0.180. The maximum Gasteiger partial charge on any atom is 0.307 e. The molecule has 1 rings (SSSR count). The highest BCUT2D eigenvalue weighted by molar-refractivity contribution is 8.06. The summed E-state index contributed by atoms with van der Waals surface area (Å²) in [7, 11) is 0. The molecule has 0 aromatic carbocycles. The molecule has 0 aromatic heterocycles. The predicted octanol–water partition coefficient (Wildman–Crippen LogP) is 1.85. The molecule has 1 aliphatic heterocycles. The highest BCUT2D eigenvalue weighted by Crippen LogP contribution is 2.39. The van der Waals surface area contributed by atoms with Gasteiger partial charge in [-0.05, 0) is 12.3 Å². The first-order valence-electron chi connectivity index (χ1n) is 3.95. The molecule has 64 valence electrons. The van der Waals surface area contributed by atoms with Crippen LogP contribution >= 0.6 is 11.8 Å². The number of hydrogen-bond donors (Lipinski definition) is 1. The largest absolute Gasteiger partial charge is 0.481 e. The number of thioether (sulfide) groups is 1. The van der Waals surface area contributed by atoms with Crippen molar-refractivity contribution >= 4 is 17.7 Å². The van der Waals surface area contributed by atoms with Gasteiger partial charge in [0.15, 0.2) is 0 Å². The van der Waals surface area contributed by atoms with Crippen molar-refractivity contribution in [3.63, 3.8) is 0 Å². The van der Waals surface area contributed by atoms with Crippen LogP contribution in [-0.2, 0) is 4.79 Å². The summed E-state index contributed by atoms with van der Waals surface area (Å²) in [6.45, 7) is 4.14. The van der Waals surface area contributed by atoms with Crippen LogP contribution in [0.15, 0.2) is 0 Å². The van der Waals surface area contributed by atoms with Crippen LogP contribution in [0.1, 0.15) is 20.3 Å². The van der Waals surface area contributed by atoms with Crippen molar-refractivity contribution < 1.29 is 9.90 Å². The number of carbonyl (C=O) groups is 1. The van der Waals surface area contributed by atoms with Gasteiger partial charge < -0.3 is 5.11 Å². The number of carboxylic acids is 1. The third kappa shape index (κ3) is 2.73. The number of carboxylic acid groups (broad SMARTS) is 1. The lowest BCUT2D eigenvalue weighted by Crippen LogP contribution is -2.20. The van der Waals surface area contributed by atoms with Crippen LogP contribution in [0, 0.1) is 11.8 Å². The molecule has 0 bridgehead atoms. The van der Waals surface area contributed by atoms with Gasteiger partial charge in [-0.3, -0.25) is 4.79 Å². The maximum absolute atomic E-state index is 10.7. The fourth-order valence-electron chi connectivity index (χ4n) is 1.21. The normalized spacial score (nSPS) is 25.2. The Balaban J connectivity index is 2.38. The highest BCUT2D eigenvalue weighted by atomic mass is 32.2. The molecule has 11 heavy (non-hydrogen) atoms. The minimum absolute atomic E-state index is 0.0972. The van der Waals surface area contributed by atoms with Crippen molar-refractivity contribution in [3.8, 4) is 0 Å². The predicted molar refractivity (Wildman–Crippen MR) is 46.8 cm³/mol. The monoisotopic (exact) mass is 174 g/mol. The van der Waals surface area contributed by atoms with Crippen LogP contribution in [0.25, 0.3) is 0 Å². The van der Waals surface area contributed by atoms with Crippen molar-refractivity contribution in [1.29, 1.82) is 0 Å². The Bertz CT molecular complexity index is 152. The average Bonchev–Trinajstić information content (AvgIpc) is 2.63. The van der Waals surface area contributed by atoms with E-state index < -0.39 is 5.97 Å². The third-order valence-corrected chi connectivity index (χ3v) is 2.90. The standard InChI is InChI=1S/C8H14O2S/c1-5(2)3-6(8(9)10)7-4-11-7/h5-7H,3-4H2,1-2H3,(H,9,10). The van der Waals surface area contributed by atoms with Gasteiger partial charge in [0.1, 0.15) is 0 Å². The van der Waals surface area contributed by atoms with Gasteiger partial charge in [0.25, 0.3) is 0 Å². The SMILES string of the molecule is CC(C)CC(C(=O)O)C1CS1. The molecule has 1 heterocycles. The van der Waals surface area contributed by atoms with Crippen molar-refractivity contribution in [2.75, 3.05) is 5.75 Å². The Kier molecular flexibility index (Phi) is 2.82. The first kappa shape index (κ1) is 8.91. The van der Waals surface area contributed by atoms with E-state index in [0.717, 1.165) is 12.2 Å². The second-order valence-corrected chi connectivity index (χ2v) is 4.72. The average molecular weight is 174 g/mol. The second kappa shape index (κ2) is 3.48. The van der Waals surface area contributed by atoms with E-state index in [4.69, 9.17) is 5.11 Å². The summed E-state index contributed by atoms with van der Waals surface area (Å²) in [5.74, 6) is 0.829. The van der Waals surface area contributed by atoms with E-state index in [1.807, 2.05) is 0 Å². The van der Waals surface area contributed by atoms with Gasteiger partial charge in [0, 0.05) is 11.0 Å². The van der Waals surface area contributed by atoms with E-state index in [9.17, 15) is 4.79 Å². The minimum atomic E-state index is -0.617. The summed E-state index contributed by atoms with van der Waals surface area (Å²) in [5.41, 5.74) is 0. The Morgan fingerprint density at radius 1 is 1.73 bits per heavy atom.